The molecule has 0 aromatic heterocycles. The smallest absolute Gasteiger partial charge is 1.00 e. The van der Waals surface area contributed by atoms with Crippen LogP contribution in [0.25, 0.3) is 0 Å². The van der Waals surface area contributed by atoms with Crippen LogP contribution in [0, 0.1) is 10.8 Å². The zero-order valence-electron chi connectivity index (χ0n) is 5.71. The van der Waals surface area contributed by atoms with Crippen molar-refractivity contribution in [2.45, 2.75) is 0 Å². The molecule has 0 aromatic rings. The largest absolute Gasteiger partial charge is 1.00 e. The molecule has 10 heavy (non-hydrogen) atoms. The van der Waals surface area contributed by atoms with Gasteiger partial charge in [-0.3, -0.25) is 9.79 Å². The van der Waals surface area contributed by atoms with Crippen molar-refractivity contribution >= 4 is 7.82 Å². The summed E-state index contributed by atoms with van der Waals surface area (Å²) in [6.45, 7) is 0. The van der Waals surface area contributed by atoms with Gasteiger partial charge < -0.3 is 10.7 Å². The van der Waals surface area contributed by atoms with E-state index < -0.39 is 18.6 Å². The second kappa shape index (κ2) is 7.49. The van der Waals surface area contributed by atoms with Crippen molar-refractivity contribution in [1.82, 2.24) is 0 Å². The Kier molecular flexibility index (Phi) is 13.3. The molecule has 0 spiro atoms. The summed E-state index contributed by atoms with van der Waals surface area (Å²) >= 11 is 0. The molecule has 0 amide bonds. The van der Waals surface area contributed by atoms with E-state index in [-0.39, 0.29) is 48.1 Å². The van der Waals surface area contributed by atoms with Crippen molar-refractivity contribution in [2.24, 2.45) is 0 Å². The molecular formula is H3ClFeNaO6P. The van der Waals surface area contributed by atoms with Crippen LogP contribution in [0.1, 0.15) is 1.43 Å². The van der Waals surface area contributed by atoms with Crippen LogP contribution in [0.3, 0.4) is 0 Å². The average Bonchev–Trinajstić information content (AvgIpc) is 1.21. The molecule has 0 aliphatic carbocycles. The molecule has 6 nitrogen and oxygen atoms in total. The molecule has 0 radical (unpaired) electrons. The molecule has 0 heterocycles. The van der Waals surface area contributed by atoms with E-state index in [1.165, 1.54) is 0 Å². The van der Waals surface area contributed by atoms with Crippen molar-refractivity contribution in [2.75, 3.05) is 0 Å². The van der Waals surface area contributed by atoms with Gasteiger partial charge in [0.2, 0.25) is 0 Å². The van der Waals surface area contributed by atoms with Crippen molar-refractivity contribution in [3.05, 3.63) is 0 Å². The molecule has 0 saturated heterocycles. The summed E-state index contributed by atoms with van der Waals surface area (Å²) in [6, 6.07) is 0. The molecule has 0 unspecified atom stereocenters. The Labute approximate surface area is 93.8 Å². The van der Waals surface area contributed by atoms with Crippen LogP contribution in [-0.2, 0) is 25.7 Å². The molecule has 0 bridgehead atoms. The fourth-order valence-corrected chi connectivity index (χ4v) is 0.661. The van der Waals surface area contributed by atoms with Crippen LogP contribution in [0.5, 0.6) is 0 Å². The normalized spacial score (nSPS) is 10.1. The van der Waals surface area contributed by atoms with E-state index in [4.69, 9.17) is 9.79 Å². The van der Waals surface area contributed by atoms with Crippen molar-refractivity contribution in [1.29, 1.82) is 0 Å². The van der Waals surface area contributed by atoms with Gasteiger partial charge in [-0.05, 0) is 0 Å². The Morgan fingerprint density at radius 3 is 1.80 bits per heavy atom. The first kappa shape index (κ1) is 17.8. The van der Waals surface area contributed by atoms with E-state index >= 15 is 0 Å². The van der Waals surface area contributed by atoms with Gasteiger partial charge in [-0.1, -0.05) is 0 Å². The monoisotopic (exact) mass is 244 g/mol. The second-order valence-corrected chi connectivity index (χ2v) is 2.66. The van der Waals surface area contributed by atoms with Crippen LogP contribution in [-0.4, -0.2) is 9.79 Å². The second-order valence-electron chi connectivity index (χ2n) is 0.749. The third-order valence-corrected chi connectivity index (χ3v) is 1.32. The molecule has 0 rings (SSSR count). The minimum absolute atomic E-state index is 0. The Hall–Kier alpha value is 1.84. The third-order valence-electron chi connectivity index (χ3n) is 0.146. The van der Waals surface area contributed by atoms with Gasteiger partial charge in [0.05, 0.1) is 0 Å². The minimum atomic E-state index is -4.85. The van der Waals surface area contributed by atoms with E-state index in [0.29, 0.717) is 0 Å². The molecule has 0 aromatic carbocycles. The zero-order chi connectivity index (χ0) is 6.78. The van der Waals surface area contributed by atoms with Crippen molar-refractivity contribution < 1.29 is 86.6 Å². The first-order valence-electron chi connectivity index (χ1n) is 1.23. The summed E-state index contributed by atoms with van der Waals surface area (Å²) in [5, 5.41) is 0. The predicted octanol–water partition coefficient (Wildman–Crippen LogP) is -5.70. The maximum Gasteiger partial charge on any atom is 1.00 e. The number of hydrogen-bond acceptors (Lipinski definition) is 4. The predicted molar refractivity (Wildman–Crippen MR) is 14.2 cm³/mol. The SMILES string of the molecule is O=P(O)(O)O[Cl+2]([O-])[O-].[Fe].[H-].[Na+]. The topological polar surface area (TPSA) is 113 Å². The molecule has 0 atom stereocenters. The number of halogens is 1. The third kappa shape index (κ3) is 16.4. The van der Waals surface area contributed by atoms with Gasteiger partial charge in [0, 0.05) is 17.1 Å². The summed E-state index contributed by atoms with van der Waals surface area (Å²) in [5.74, 6) is 0. The summed E-state index contributed by atoms with van der Waals surface area (Å²) in [5.41, 5.74) is 0. The standard InChI is InChI=1S/ClH2O6P.Fe.Na.H/c2-1(3)7-8(4,5)6;;;/h(H2,4,5,6);;;/q;;+1;-1. The molecule has 0 saturated carbocycles. The summed E-state index contributed by atoms with van der Waals surface area (Å²) < 4.78 is 31.0. The van der Waals surface area contributed by atoms with E-state index in [2.05, 4.69) is 4.08 Å². The molecule has 0 aliphatic rings. The van der Waals surface area contributed by atoms with Crippen LogP contribution < -0.4 is 38.9 Å². The molecule has 0 aliphatic heterocycles. The molecule has 10 heteroatoms. The van der Waals surface area contributed by atoms with Gasteiger partial charge in [0.1, 0.15) is 4.08 Å². The van der Waals surface area contributed by atoms with Gasteiger partial charge in [-0.2, -0.15) is 0 Å². The number of phosphoric acid groups is 1. The number of rotatable bonds is 2. The Morgan fingerprint density at radius 1 is 1.50 bits per heavy atom. The van der Waals surface area contributed by atoms with Crippen LogP contribution in [0.15, 0.2) is 0 Å². The Bertz CT molecular complexity index is 115. The fraction of sp³-hybridized carbons (Fsp3) is 0. The Balaban J connectivity index is -0.0000000817. The molecule has 2 N–H and O–H groups in total. The van der Waals surface area contributed by atoms with Gasteiger partial charge in [0.15, 0.2) is 0 Å². The summed E-state index contributed by atoms with van der Waals surface area (Å²) in [7, 11) is -7.70. The first-order valence-corrected chi connectivity index (χ1v) is 3.68. The molecule has 0 fully saturated rings. The number of hydrogen-bond donors (Lipinski definition) is 2. The van der Waals surface area contributed by atoms with Crippen LogP contribution in [0.4, 0.5) is 0 Å². The first-order chi connectivity index (χ1) is 3.42. The van der Waals surface area contributed by atoms with E-state index in [9.17, 15) is 13.9 Å². The molecular weight excluding hydrogens is 241 g/mol. The van der Waals surface area contributed by atoms with Gasteiger partial charge in [-0.15, -0.1) is 0 Å². The van der Waals surface area contributed by atoms with Gasteiger partial charge >= 0.3 is 37.4 Å². The Morgan fingerprint density at radius 2 is 1.80 bits per heavy atom. The van der Waals surface area contributed by atoms with E-state index in [1.54, 1.807) is 0 Å². The molecule has 60 valence electrons. The average molecular weight is 244 g/mol. The van der Waals surface area contributed by atoms with Crippen molar-refractivity contribution in [3.63, 3.8) is 0 Å². The van der Waals surface area contributed by atoms with Gasteiger partial charge in [0.25, 0.3) is 10.8 Å². The van der Waals surface area contributed by atoms with Gasteiger partial charge in [-0.25, -0.2) is 4.57 Å². The van der Waals surface area contributed by atoms with Crippen LogP contribution in [0.2, 0.25) is 0 Å². The van der Waals surface area contributed by atoms with Crippen LogP contribution >= 0.6 is 7.82 Å². The van der Waals surface area contributed by atoms with E-state index in [1.807, 2.05) is 0 Å². The fourth-order valence-electron chi connectivity index (χ4n) is 0.0734. The maximum atomic E-state index is 9.51. The maximum absolute atomic E-state index is 9.51. The van der Waals surface area contributed by atoms with Crippen molar-refractivity contribution in [3.8, 4) is 0 Å². The zero-order valence-corrected chi connectivity index (χ0v) is 9.46. The quantitative estimate of drug-likeness (QED) is 0.370. The van der Waals surface area contributed by atoms with E-state index in [0.717, 1.165) is 0 Å². The summed E-state index contributed by atoms with van der Waals surface area (Å²) in [4.78, 5) is 15.3. The minimum Gasteiger partial charge on any atom is -1.00 e. The summed E-state index contributed by atoms with van der Waals surface area (Å²) in [6.07, 6.45) is 0.